The van der Waals surface area contributed by atoms with Crippen molar-refractivity contribution in [1.82, 2.24) is 0 Å². The Labute approximate surface area is 112 Å². The smallest absolute Gasteiger partial charge is 0.339 e. The highest BCUT2D eigenvalue weighted by Crippen LogP contribution is 2.44. The number of benzene rings is 1. The second-order valence-electron chi connectivity index (χ2n) is 4.61. The third-order valence-electron chi connectivity index (χ3n) is 3.41. The first-order valence-electron chi connectivity index (χ1n) is 6.20. The first-order valence-corrected chi connectivity index (χ1v) is 6.20. The predicted octanol–water partition coefficient (Wildman–Crippen LogP) is 1.93. The van der Waals surface area contributed by atoms with Gasteiger partial charge in [-0.1, -0.05) is 6.92 Å². The van der Waals surface area contributed by atoms with Crippen molar-refractivity contribution >= 4 is 5.97 Å². The molecule has 0 bridgehead atoms. The summed E-state index contributed by atoms with van der Waals surface area (Å²) in [6.07, 6.45) is 0.183. The molecule has 0 spiro atoms. The minimum Gasteiger partial charge on any atom is -0.497 e. The van der Waals surface area contributed by atoms with E-state index in [9.17, 15) is 4.79 Å². The van der Waals surface area contributed by atoms with Crippen LogP contribution in [0.15, 0.2) is 12.1 Å². The van der Waals surface area contributed by atoms with Gasteiger partial charge in [-0.2, -0.15) is 0 Å². The lowest BCUT2D eigenvalue weighted by Crippen LogP contribution is -2.12. The molecule has 0 aliphatic carbocycles. The molecule has 5 nitrogen and oxygen atoms in total. The summed E-state index contributed by atoms with van der Waals surface area (Å²) in [5, 5.41) is 9.03. The molecule has 19 heavy (non-hydrogen) atoms. The van der Waals surface area contributed by atoms with E-state index in [1.165, 1.54) is 7.11 Å². The minimum atomic E-state index is -0.379. The molecule has 0 saturated carbocycles. The molecule has 5 heteroatoms. The highest BCUT2D eigenvalue weighted by atomic mass is 16.6. The first kappa shape index (κ1) is 13.7. The molecule has 104 valence electrons. The SMILES string of the molecule is COc1cc(OC)c2c(c1)C(=O)OC2C(C)CCO. The van der Waals surface area contributed by atoms with Crippen LogP contribution < -0.4 is 9.47 Å². The van der Waals surface area contributed by atoms with Gasteiger partial charge in [-0.15, -0.1) is 0 Å². The first-order chi connectivity index (χ1) is 9.12. The molecule has 1 aromatic carbocycles. The van der Waals surface area contributed by atoms with E-state index in [-0.39, 0.29) is 24.6 Å². The molecule has 0 radical (unpaired) electrons. The lowest BCUT2D eigenvalue weighted by Gasteiger charge is -2.20. The van der Waals surface area contributed by atoms with Crippen LogP contribution in [0, 0.1) is 5.92 Å². The van der Waals surface area contributed by atoms with E-state index in [4.69, 9.17) is 19.3 Å². The number of hydrogen-bond donors (Lipinski definition) is 1. The molecule has 0 amide bonds. The number of hydrogen-bond acceptors (Lipinski definition) is 5. The Morgan fingerprint density at radius 2 is 2.11 bits per heavy atom. The van der Waals surface area contributed by atoms with Crippen molar-refractivity contribution in [3.8, 4) is 11.5 Å². The van der Waals surface area contributed by atoms with E-state index in [0.29, 0.717) is 23.5 Å². The van der Waals surface area contributed by atoms with Gasteiger partial charge in [0, 0.05) is 18.2 Å². The number of methoxy groups -OCH3 is 2. The zero-order valence-corrected chi connectivity index (χ0v) is 11.3. The molecule has 2 rings (SSSR count). The summed E-state index contributed by atoms with van der Waals surface area (Å²) in [5.41, 5.74) is 1.22. The zero-order valence-electron chi connectivity index (χ0n) is 11.3. The Balaban J connectivity index is 2.47. The Morgan fingerprint density at radius 3 is 2.68 bits per heavy atom. The predicted molar refractivity (Wildman–Crippen MR) is 68.6 cm³/mol. The van der Waals surface area contributed by atoms with Crippen molar-refractivity contribution in [1.29, 1.82) is 0 Å². The van der Waals surface area contributed by atoms with E-state index >= 15 is 0 Å². The van der Waals surface area contributed by atoms with Gasteiger partial charge in [0.15, 0.2) is 0 Å². The van der Waals surface area contributed by atoms with Gasteiger partial charge in [-0.25, -0.2) is 4.79 Å². The number of esters is 1. The fraction of sp³-hybridized carbons (Fsp3) is 0.500. The molecule has 1 aliphatic heterocycles. The minimum absolute atomic E-state index is 0.0255. The van der Waals surface area contributed by atoms with E-state index in [1.54, 1.807) is 19.2 Å². The van der Waals surface area contributed by atoms with Crippen LogP contribution in [0.4, 0.5) is 0 Å². The Kier molecular flexibility index (Phi) is 3.95. The van der Waals surface area contributed by atoms with Crippen LogP contribution in [-0.2, 0) is 4.74 Å². The summed E-state index contributed by atoms with van der Waals surface area (Å²) in [4.78, 5) is 11.9. The second kappa shape index (κ2) is 5.48. The fourth-order valence-corrected chi connectivity index (χ4v) is 2.34. The summed E-state index contributed by atoms with van der Waals surface area (Å²) in [7, 11) is 3.08. The van der Waals surface area contributed by atoms with Crippen molar-refractivity contribution in [2.24, 2.45) is 5.92 Å². The van der Waals surface area contributed by atoms with Crippen LogP contribution in [0.2, 0.25) is 0 Å². The number of aliphatic hydroxyl groups excluding tert-OH is 1. The van der Waals surface area contributed by atoms with Crippen molar-refractivity contribution in [3.05, 3.63) is 23.3 Å². The van der Waals surface area contributed by atoms with Gasteiger partial charge < -0.3 is 19.3 Å². The molecule has 1 heterocycles. The highest BCUT2D eigenvalue weighted by Gasteiger charge is 2.37. The average Bonchev–Trinajstić information content (AvgIpc) is 2.75. The average molecular weight is 266 g/mol. The highest BCUT2D eigenvalue weighted by molar-refractivity contribution is 5.95. The maximum Gasteiger partial charge on any atom is 0.339 e. The summed E-state index contributed by atoms with van der Waals surface area (Å²) in [6.45, 7) is 2.00. The number of rotatable bonds is 5. The third-order valence-corrected chi connectivity index (χ3v) is 3.41. The van der Waals surface area contributed by atoms with Crippen molar-refractivity contribution in [3.63, 3.8) is 0 Å². The van der Waals surface area contributed by atoms with E-state index < -0.39 is 0 Å². The lowest BCUT2D eigenvalue weighted by atomic mass is 9.92. The second-order valence-corrected chi connectivity index (χ2v) is 4.61. The molecule has 0 aromatic heterocycles. The Morgan fingerprint density at radius 1 is 1.37 bits per heavy atom. The molecule has 1 N–H and O–H groups in total. The number of aliphatic hydroxyl groups is 1. The van der Waals surface area contributed by atoms with Crippen molar-refractivity contribution in [2.75, 3.05) is 20.8 Å². The maximum absolute atomic E-state index is 11.9. The van der Waals surface area contributed by atoms with E-state index in [1.807, 2.05) is 6.92 Å². The van der Waals surface area contributed by atoms with Crippen LogP contribution in [0.25, 0.3) is 0 Å². The summed E-state index contributed by atoms with van der Waals surface area (Å²) in [5.74, 6) is 0.789. The lowest BCUT2D eigenvalue weighted by molar-refractivity contribution is 0.0220. The standard InChI is InChI=1S/C14H18O5/c1-8(4-5-15)13-12-10(14(16)19-13)6-9(17-2)7-11(12)18-3/h6-8,13,15H,4-5H2,1-3H3. The molecule has 0 fully saturated rings. The van der Waals surface area contributed by atoms with Crippen molar-refractivity contribution < 1.29 is 24.1 Å². The van der Waals surface area contributed by atoms with Gasteiger partial charge in [0.25, 0.3) is 0 Å². The molecule has 1 aromatic rings. The van der Waals surface area contributed by atoms with Gasteiger partial charge in [-0.05, 0) is 18.4 Å². The fourth-order valence-electron chi connectivity index (χ4n) is 2.34. The quantitative estimate of drug-likeness (QED) is 0.825. The number of cyclic esters (lactones) is 1. The van der Waals surface area contributed by atoms with Crippen LogP contribution in [0.1, 0.15) is 35.4 Å². The monoisotopic (exact) mass is 266 g/mol. The summed E-state index contributed by atoms with van der Waals surface area (Å²) in [6, 6.07) is 3.39. The topological polar surface area (TPSA) is 65.0 Å². The number of ether oxygens (including phenoxy) is 3. The number of carbonyl (C=O) groups excluding carboxylic acids is 1. The van der Waals surface area contributed by atoms with Crippen molar-refractivity contribution in [2.45, 2.75) is 19.4 Å². The zero-order chi connectivity index (χ0) is 14.0. The molecular weight excluding hydrogens is 248 g/mol. The molecule has 0 saturated heterocycles. The molecular formula is C14H18O5. The Bertz CT molecular complexity index is 483. The normalized spacial score (nSPS) is 18.7. The van der Waals surface area contributed by atoms with Gasteiger partial charge >= 0.3 is 5.97 Å². The van der Waals surface area contributed by atoms with Crippen LogP contribution >= 0.6 is 0 Å². The van der Waals surface area contributed by atoms with Gasteiger partial charge in [0.1, 0.15) is 17.6 Å². The number of fused-ring (bicyclic) bond motifs is 1. The van der Waals surface area contributed by atoms with Gasteiger partial charge in [0.05, 0.1) is 19.8 Å². The van der Waals surface area contributed by atoms with Gasteiger partial charge in [-0.3, -0.25) is 0 Å². The molecule has 2 atom stereocenters. The summed E-state index contributed by atoms with van der Waals surface area (Å²) >= 11 is 0. The van der Waals surface area contributed by atoms with Crippen LogP contribution in [0.5, 0.6) is 11.5 Å². The third kappa shape index (κ3) is 2.38. The maximum atomic E-state index is 11.9. The van der Waals surface area contributed by atoms with Crippen LogP contribution in [0.3, 0.4) is 0 Å². The molecule has 1 aliphatic rings. The molecule has 2 unspecified atom stereocenters. The van der Waals surface area contributed by atoms with Crippen LogP contribution in [-0.4, -0.2) is 31.9 Å². The Hall–Kier alpha value is -1.75. The number of carbonyl (C=O) groups is 1. The van der Waals surface area contributed by atoms with Gasteiger partial charge in [0.2, 0.25) is 0 Å². The largest absolute Gasteiger partial charge is 0.497 e. The van der Waals surface area contributed by atoms with E-state index in [0.717, 1.165) is 5.56 Å². The summed E-state index contributed by atoms with van der Waals surface area (Å²) < 4.78 is 15.9. The van der Waals surface area contributed by atoms with E-state index in [2.05, 4.69) is 0 Å².